The molecule has 0 radical (unpaired) electrons. The first-order valence-corrected chi connectivity index (χ1v) is 8.52. The number of amides is 1. The minimum Gasteiger partial charge on any atom is -0.454 e. The third kappa shape index (κ3) is 4.21. The first-order valence-electron chi connectivity index (χ1n) is 7.26. The summed E-state index contributed by atoms with van der Waals surface area (Å²) < 4.78 is 10.5. The van der Waals surface area contributed by atoms with Crippen molar-refractivity contribution in [2.75, 3.05) is 6.79 Å². The van der Waals surface area contributed by atoms with Crippen molar-refractivity contribution in [2.45, 2.75) is 17.1 Å². The number of nitrogens with zero attached hydrogens (tertiary/aromatic N) is 1. The second-order valence-corrected chi connectivity index (χ2v) is 6.91. The fourth-order valence-electron chi connectivity index (χ4n) is 2.03. The lowest BCUT2D eigenvalue weighted by atomic mass is 10.2. The summed E-state index contributed by atoms with van der Waals surface area (Å²) in [6.45, 7) is 2.05. The summed E-state index contributed by atoms with van der Waals surface area (Å²) in [5.74, 6) is 1.22. The van der Waals surface area contributed by atoms with Gasteiger partial charge in [0, 0.05) is 9.92 Å². The van der Waals surface area contributed by atoms with E-state index in [1.165, 1.54) is 11.8 Å². The Kier molecular flexibility index (Phi) is 5.27. The predicted molar refractivity (Wildman–Crippen MR) is 95.1 cm³/mol. The van der Waals surface area contributed by atoms with Crippen LogP contribution in [0.5, 0.6) is 11.5 Å². The molecule has 0 aliphatic carbocycles. The molecule has 1 amide bonds. The number of hydrogen-bond donors (Lipinski definition) is 1. The van der Waals surface area contributed by atoms with Crippen molar-refractivity contribution in [1.82, 2.24) is 5.43 Å². The van der Waals surface area contributed by atoms with Gasteiger partial charge < -0.3 is 9.47 Å². The third-order valence-electron chi connectivity index (χ3n) is 3.28. The molecule has 2 aromatic carbocycles. The molecule has 0 fully saturated rings. The van der Waals surface area contributed by atoms with Crippen LogP contribution in [0.4, 0.5) is 0 Å². The zero-order valence-corrected chi connectivity index (χ0v) is 14.4. The third-order valence-corrected chi connectivity index (χ3v) is 4.64. The number of carbonyl (C=O) groups excluding carboxylic acids is 1. The van der Waals surface area contributed by atoms with E-state index in [1.54, 1.807) is 18.3 Å². The zero-order chi connectivity index (χ0) is 16.9. The molecule has 1 aliphatic rings. The van der Waals surface area contributed by atoms with E-state index in [0.29, 0.717) is 16.5 Å². The molecule has 3 rings (SSSR count). The summed E-state index contributed by atoms with van der Waals surface area (Å²) >= 11 is 7.29. The van der Waals surface area contributed by atoms with Crippen LogP contribution >= 0.6 is 23.4 Å². The monoisotopic (exact) mass is 362 g/mol. The number of benzene rings is 2. The minimum atomic E-state index is -0.278. The van der Waals surface area contributed by atoms with Gasteiger partial charge in [0.1, 0.15) is 0 Å². The Labute approximate surface area is 149 Å². The van der Waals surface area contributed by atoms with E-state index in [-0.39, 0.29) is 18.0 Å². The van der Waals surface area contributed by atoms with Gasteiger partial charge in [-0.15, -0.1) is 11.8 Å². The molecule has 1 heterocycles. The minimum absolute atomic E-state index is 0.174. The molecular formula is C17H15ClN2O3S. The maximum Gasteiger partial charge on any atom is 0.253 e. The van der Waals surface area contributed by atoms with E-state index >= 15 is 0 Å². The van der Waals surface area contributed by atoms with Crippen molar-refractivity contribution >= 4 is 35.5 Å². The summed E-state index contributed by atoms with van der Waals surface area (Å²) in [4.78, 5) is 13.0. The SMILES string of the molecule is C[C@@H](Sc1ccc(Cl)cc1)C(=O)N/N=C\c1ccc2c(c1)OCO2. The molecule has 0 aromatic heterocycles. The van der Waals surface area contributed by atoms with Gasteiger partial charge in [-0.1, -0.05) is 11.6 Å². The summed E-state index contributed by atoms with van der Waals surface area (Å²) in [7, 11) is 0. The van der Waals surface area contributed by atoms with Gasteiger partial charge in [-0.2, -0.15) is 5.10 Å². The van der Waals surface area contributed by atoms with Crippen LogP contribution in [0.3, 0.4) is 0 Å². The van der Waals surface area contributed by atoms with E-state index in [2.05, 4.69) is 10.5 Å². The van der Waals surface area contributed by atoms with Crippen LogP contribution in [0.15, 0.2) is 52.5 Å². The Morgan fingerprint density at radius 1 is 1.25 bits per heavy atom. The highest BCUT2D eigenvalue weighted by Gasteiger charge is 2.14. The van der Waals surface area contributed by atoms with Crippen molar-refractivity contribution in [2.24, 2.45) is 5.10 Å². The topological polar surface area (TPSA) is 59.9 Å². The van der Waals surface area contributed by atoms with E-state index in [0.717, 1.165) is 10.5 Å². The zero-order valence-electron chi connectivity index (χ0n) is 12.9. The Morgan fingerprint density at radius 2 is 2.00 bits per heavy atom. The van der Waals surface area contributed by atoms with Crippen LogP contribution in [-0.4, -0.2) is 24.2 Å². The molecule has 0 spiro atoms. The molecule has 0 saturated carbocycles. The molecule has 1 atom stereocenters. The summed E-state index contributed by atoms with van der Waals surface area (Å²) in [6.07, 6.45) is 1.57. The van der Waals surface area contributed by atoms with Gasteiger partial charge >= 0.3 is 0 Å². The number of thioether (sulfide) groups is 1. The highest BCUT2D eigenvalue weighted by atomic mass is 35.5. The van der Waals surface area contributed by atoms with Gasteiger partial charge in [0.15, 0.2) is 11.5 Å². The number of fused-ring (bicyclic) bond motifs is 1. The Balaban J connectivity index is 1.53. The first-order chi connectivity index (χ1) is 11.6. The van der Waals surface area contributed by atoms with Gasteiger partial charge in [0.25, 0.3) is 5.91 Å². The number of rotatable bonds is 5. The fraction of sp³-hybridized carbons (Fsp3) is 0.176. The first kappa shape index (κ1) is 16.7. The predicted octanol–water partition coefficient (Wildman–Crippen LogP) is 3.70. The summed E-state index contributed by atoms with van der Waals surface area (Å²) in [6, 6.07) is 12.8. The molecule has 2 aromatic rings. The average molecular weight is 363 g/mol. The van der Waals surface area contributed by atoms with E-state index in [1.807, 2.05) is 37.3 Å². The van der Waals surface area contributed by atoms with Gasteiger partial charge in [0.05, 0.1) is 11.5 Å². The maximum atomic E-state index is 12.1. The molecule has 0 bridgehead atoms. The molecule has 1 N–H and O–H groups in total. The van der Waals surface area contributed by atoms with Crippen LogP contribution in [0, 0.1) is 0 Å². The molecule has 124 valence electrons. The second-order valence-electron chi connectivity index (χ2n) is 5.06. The molecule has 1 aliphatic heterocycles. The van der Waals surface area contributed by atoms with Gasteiger partial charge in [-0.05, 0) is 55.0 Å². The maximum absolute atomic E-state index is 12.1. The fourth-order valence-corrected chi connectivity index (χ4v) is 3.01. The normalized spacial score (nSPS) is 13.9. The van der Waals surface area contributed by atoms with Crippen LogP contribution in [0.2, 0.25) is 5.02 Å². The van der Waals surface area contributed by atoms with Gasteiger partial charge in [-0.3, -0.25) is 4.79 Å². The number of carbonyl (C=O) groups is 1. The molecule has 5 nitrogen and oxygen atoms in total. The number of hydrogen-bond acceptors (Lipinski definition) is 5. The van der Waals surface area contributed by atoms with E-state index < -0.39 is 0 Å². The lowest BCUT2D eigenvalue weighted by Gasteiger charge is -2.09. The second kappa shape index (κ2) is 7.59. The number of halogens is 1. The standard InChI is InChI=1S/C17H15ClN2O3S/c1-11(24-14-5-3-13(18)4-6-14)17(21)20-19-9-12-2-7-15-16(8-12)23-10-22-15/h2-9,11H,10H2,1H3,(H,20,21)/b19-9-/t11-/m1/s1. The van der Waals surface area contributed by atoms with Crippen LogP contribution in [0.1, 0.15) is 12.5 Å². The van der Waals surface area contributed by atoms with Crippen LogP contribution in [0.25, 0.3) is 0 Å². The highest BCUT2D eigenvalue weighted by molar-refractivity contribution is 8.00. The molecule has 0 saturated heterocycles. The Morgan fingerprint density at radius 3 is 2.79 bits per heavy atom. The lowest BCUT2D eigenvalue weighted by molar-refractivity contribution is -0.120. The smallest absolute Gasteiger partial charge is 0.253 e. The highest BCUT2D eigenvalue weighted by Crippen LogP contribution is 2.32. The molecule has 24 heavy (non-hydrogen) atoms. The largest absolute Gasteiger partial charge is 0.454 e. The summed E-state index contributed by atoms with van der Waals surface area (Å²) in [5, 5.41) is 4.38. The van der Waals surface area contributed by atoms with E-state index in [9.17, 15) is 4.79 Å². The van der Waals surface area contributed by atoms with Crippen molar-refractivity contribution in [3.8, 4) is 11.5 Å². The Hall–Kier alpha value is -2.18. The molecular weight excluding hydrogens is 348 g/mol. The van der Waals surface area contributed by atoms with Gasteiger partial charge in [-0.25, -0.2) is 5.43 Å². The molecule has 7 heteroatoms. The van der Waals surface area contributed by atoms with Crippen LogP contribution < -0.4 is 14.9 Å². The van der Waals surface area contributed by atoms with Crippen LogP contribution in [-0.2, 0) is 4.79 Å². The quantitative estimate of drug-likeness (QED) is 0.500. The number of ether oxygens (including phenoxy) is 2. The van der Waals surface area contributed by atoms with Gasteiger partial charge in [0.2, 0.25) is 6.79 Å². The van der Waals surface area contributed by atoms with Crippen molar-refractivity contribution in [3.05, 3.63) is 53.1 Å². The number of hydrazone groups is 1. The lowest BCUT2D eigenvalue weighted by Crippen LogP contribution is -2.26. The molecule has 0 unspecified atom stereocenters. The van der Waals surface area contributed by atoms with Crippen molar-refractivity contribution < 1.29 is 14.3 Å². The van der Waals surface area contributed by atoms with Crippen molar-refractivity contribution in [1.29, 1.82) is 0 Å². The Bertz CT molecular complexity index is 765. The van der Waals surface area contributed by atoms with Crippen molar-refractivity contribution in [3.63, 3.8) is 0 Å². The average Bonchev–Trinajstić information content (AvgIpc) is 3.04. The van der Waals surface area contributed by atoms with E-state index in [4.69, 9.17) is 21.1 Å². The summed E-state index contributed by atoms with van der Waals surface area (Å²) in [5.41, 5.74) is 3.36. The number of nitrogens with one attached hydrogen (secondary N) is 1.